The minimum atomic E-state index is -0.409. The molecule has 7 heteroatoms. The molecule has 0 bridgehead atoms. The summed E-state index contributed by atoms with van der Waals surface area (Å²) in [6.07, 6.45) is 0. The van der Waals surface area contributed by atoms with Crippen LogP contribution in [0.25, 0.3) is 10.9 Å². The fourth-order valence-electron chi connectivity index (χ4n) is 3.08. The van der Waals surface area contributed by atoms with Crippen molar-refractivity contribution in [3.8, 4) is 0 Å². The van der Waals surface area contributed by atoms with Crippen molar-refractivity contribution in [1.29, 1.82) is 0 Å². The zero-order valence-corrected chi connectivity index (χ0v) is 18.4. The van der Waals surface area contributed by atoms with Gasteiger partial charge in [-0.05, 0) is 50.6 Å². The van der Waals surface area contributed by atoms with Crippen LogP contribution in [0.1, 0.15) is 28.4 Å². The van der Waals surface area contributed by atoms with Gasteiger partial charge in [0.2, 0.25) is 0 Å². The summed E-state index contributed by atoms with van der Waals surface area (Å²) in [5.41, 5.74) is 3.01. The predicted molar refractivity (Wildman–Crippen MR) is 118 cm³/mol. The van der Waals surface area contributed by atoms with Crippen LogP contribution in [0.5, 0.6) is 0 Å². The van der Waals surface area contributed by atoms with Crippen molar-refractivity contribution in [2.45, 2.75) is 37.7 Å². The SMILES string of the molecule is COCCn1c(S[C@@H](C)C(=O)c2cc(C)ccc2C)nc2cc(Cl)ccc2c1=O. The summed E-state index contributed by atoms with van der Waals surface area (Å²) in [6, 6.07) is 10.9. The molecule has 0 unspecified atom stereocenters. The van der Waals surface area contributed by atoms with Crippen molar-refractivity contribution in [2.24, 2.45) is 0 Å². The molecular formula is C22H23ClN2O3S. The number of ketones is 1. The van der Waals surface area contributed by atoms with Crippen molar-refractivity contribution in [1.82, 2.24) is 9.55 Å². The molecule has 1 heterocycles. The molecule has 0 aliphatic rings. The first kappa shape index (κ1) is 21.6. The van der Waals surface area contributed by atoms with Gasteiger partial charge in [0.1, 0.15) is 0 Å². The largest absolute Gasteiger partial charge is 0.383 e. The smallest absolute Gasteiger partial charge is 0.262 e. The van der Waals surface area contributed by atoms with E-state index < -0.39 is 5.25 Å². The lowest BCUT2D eigenvalue weighted by atomic mass is 10.0. The number of aryl methyl sites for hydroxylation is 2. The minimum Gasteiger partial charge on any atom is -0.383 e. The molecule has 1 atom stereocenters. The third-order valence-corrected chi connectivity index (χ3v) is 6.04. The van der Waals surface area contributed by atoms with Crippen LogP contribution in [0.2, 0.25) is 5.02 Å². The third-order valence-electron chi connectivity index (χ3n) is 4.71. The van der Waals surface area contributed by atoms with Gasteiger partial charge in [-0.3, -0.25) is 14.2 Å². The van der Waals surface area contributed by atoms with Gasteiger partial charge in [-0.2, -0.15) is 0 Å². The van der Waals surface area contributed by atoms with E-state index in [0.29, 0.717) is 39.8 Å². The normalized spacial score (nSPS) is 12.3. The zero-order valence-electron chi connectivity index (χ0n) is 16.9. The Balaban J connectivity index is 2.02. The molecule has 0 amide bonds. The average Bonchev–Trinajstić information content (AvgIpc) is 2.68. The highest BCUT2D eigenvalue weighted by Gasteiger charge is 2.22. The third kappa shape index (κ3) is 4.71. The number of Topliss-reactive ketones (excluding diaryl/α,β-unsaturated/α-hetero) is 1. The van der Waals surface area contributed by atoms with Crippen LogP contribution in [0.4, 0.5) is 0 Å². The summed E-state index contributed by atoms with van der Waals surface area (Å²) >= 11 is 7.36. The number of thioether (sulfide) groups is 1. The first-order valence-corrected chi connectivity index (χ1v) is 10.5. The average molecular weight is 431 g/mol. The molecule has 0 saturated carbocycles. The number of ether oxygens (including phenoxy) is 1. The summed E-state index contributed by atoms with van der Waals surface area (Å²) in [6.45, 7) is 6.45. The maximum Gasteiger partial charge on any atom is 0.262 e. The van der Waals surface area contributed by atoms with Crippen LogP contribution in [0.15, 0.2) is 46.3 Å². The molecule has 0 radical (unpaired) electrons. The van der Waals surface area contributed by atoms with Crippen molar-refractivity contribution in [3.05, 3.63) is 68.5 Å². The number of benzene rings is 2. The summed E-state index contributed by atoms with van der Waals surface area (Å²) in [5, 5.41) is 1.07. The summed E-state index contributed by atoms with van der Waals surface area (Å²) < 4.78 is 6.72. The first-order valence-electron chi connectivity index (χ1n) is 9.29. The number of rotatable bonds is 7. The molecule has 0 fully saturated rings. The molecule has 152 valence electrons. The van der Waals surface area contributed by atoms with Crippen LogP contribution >= 0.6 is 23.4 Å². The second kappa shape index (κ2) is 9.11. The van der Waals surface area contributed by atoms with E-state index in [1.165, 1.54) is 11.8 Å². The molecule has 0 N–H and O–H groups in total. The van der Waals surface area contributed by atoms with E-state index in [0.717, 1.165) is 11.1 Å². The Bertz CT molecular complexity index is 1130. The number of fused-ring (bicyclic) bond motifs is 1. The quantitative estimate of drug-likeness (QED) is 0.309. The molecule has 2 aromatic carbocycles. The topological polar surface area (TPSA) is 61.2 Å². The van der Waals surface area contributed by atoms with E-state index in [1.807, 2.05) is 39.0 Å². The fraction of sp³-hybridized carbons (Fsp3) is 0.318. The van der Waals surface area contributed by atoms with E-state index in [-0.39, 0.29) is 11.3 Å². The number of carbonyl (C=O) groups excluding carboxylic acids is 1. The maximum atomic E-state index is 13.1. The van der Waals surface area contributed by atoms with Gasteiger partial charge in [0.25, 0.3) is 5.56 Å². The number of methoxy groups -OCH3 is 1. The van der Waals surface area contributed by atoms with Crippen molar-refractivity contribution in [3.63, 3.8) is 0 Å². The Labute approximate surface area is 179 Å². The highest BCUT2D eigenvalue weighted by molar-refractivity contribution is 8.00. The molecule has 0 spiro atoms. The highest BCUT2D eigenvalue weighted by Crippen LogP contribution is 2.27. The predicted octanol–water partition coefficient (Wildman–Crippen LogP) is 4.68. The maximum absolute atomic E-state index is 13.1. The van der Waals surface area contributed by atoms with Gasteiger partial charge in [-0.15, -0.1) is 0 Å². The van der Waals surface area contributed by atoms with E-state index in [4.69, 9.17) is 16.3 Å². The van der Waals surface area contributed by atoms with Gasteiger partial charge in [-0.25, -0.2) is 4.98 Å². The summed E-state index contributed by atoms with van der Waals surface area (Å²) in [5.74, 6) is 0.00920. The molecule has 1 aromatic heterocycles. The standard InChI is InChI=1S/C22H23ClN2O3S/c1-13-5-6-14(2)18(11-13)20(26)15(3)29-22-24-19-12-16(23)7-8-17(19)21(27)25(22)9-10-28-4/h5-8,11-12,15H,9-10H2,1-4H3/t15-/m0/s1. The summed E-state index contributed by atoms with van der Waals surface area (Å²) in [7, 11) is 1.58. The zero-order chi connectivity index (χ0) is 21.1. The Kier molecular flexibility index (Phi) is 6.77. The highest BCUT2D eigenvalue weighted by atomic mass is 35.5. The second-order valence-electron chi connectivity index (χ2n) is 6.95. The number of carbonyl (C=O) groups is 1. The molecule has 0 aliphatic carbocycles. The van der Waals surface area contributed by atoms with E-state index in [1.54, 1.807) is 29.9 Å². The van der Waals surface area contributed by atoms with Gasteiger partial charge in [0.05, 0.1) is 29.3 Å². The van der Waals surface area contributed by atoms with Crippen LogP contribution in [-0.2, 0) is 11.3 Å². The fourth-order valence-corrected chi connectivity index (χ4v) is 4.24. The number of nitrogens with zero attached hydrogens (tertiary/aromatic N) is 2. The Morgan fingerprint density at radius 1 is 1.24 bits per heavy atom. The van der Waals surface area contributed by atoms with Crippen LogP contribution in [0, 0.1) is 13.8 Å². The Hall–Kier alpha value is -2.15. The van der Waals surface area contributed by atoms with Gasteiger partial charge in [0, 0.05) is 17.7 Å². The number of halogens is 1. The van der Waals surface area contributed by atoms with E-state index in [2.05, 4.69) is 4.98 Å². The Morgan fingerprint density at radius 3 is 2.72 bits per heavy atom. The van der Waals surface area contributed by atoms with Gasteiger partial charge < -0.3 is 4.74 Å². The minimum absolute atomic E-state index is 0.00920. The lowest BCUT2D eigenvalue weighted by Crippen LogP contribution is -2.26. The monoisotopic (exact) mass is 430 g/mol. The molecule has 3 aromatic rings. The lowest BCUT2D eigenvalue weighted by Gasteiger charge is -2.16. The van der Waals surface area contributed by atoms with Gasteiger partial charge in [0.15, 0.2) is 10.9 Å². The molecule has 0 saturated heterocycles. The van der Waals surface area contributed by atoms with E-state index in [9.17, 15) is 9.59 Å². The van der Waals surface area contributed by atoms with Gasteiger partial charge in [-0.1, -0.05) is 41.1 Å². The number of hydrogen-bond donors (Lipinski definition) is 0. The van der Waals surface area contributed by atoms with Crippen molar-refractivity contribution in [2.75, 3.05) is 13.7 Å². The molecule has 3 rings (SSSR count). The molecule has 0 aliphatic heterocycles. The van der Waals surface area contributed by atoms with Crippen LogP contribution < -0.4 is 5.56 Å². The number of aromatic nitrogens is 2. The van der Waals surface area contributed by atoms with Crippen molar-refractivity contribution < 1.29 is 9.53 Å². The van der Waals surface area contributed by atoms with Crippen LogP contribution in [0.3, 0.4) is 0 Å². The van der Waals surface area contributed by atoms with Crippen LogP contribution in [-0.4, -0.2) is 34.3 Å². The Morgan fingerprint density at radius 2 is 2.00 bits per heavy atom. The lowest BCUT2D eigenvalue weighted by molar-refractivity contribution is 0.0993. The number of hydrogen-bond acceptors (Lipinski definition) is 5. The van der Waals surface area contributed by atoms with E-state index >= 15 is 0 Å². The second-order valence-corrected chi connectivity index (χ2v) is 8.69. The summed E-state index contributed by atoms with van der Waals surface area (Å²) in [4.78, 5) is 30.7. The molecule has 29 heavy (non-hydrogen) atoms. The molecular weight excluding hydrogens is 408 g/mol. The first-order chi connectivity index (χ1) is 13.8. The van der Waals surface area contributed by atoms with Gasteiger partial charge >= 0.3 is 0 Å². The molecule has 5 nitrogen and oxygen atoms in total. The van der Waals surface area contributed by atoms with Crippen molar-refractivity contribution >= 4 is 40.0 Å².